The van der Waals surface area contributed by atoms with Gasteiger partial charge in [0.2, 0.25) is 0 Å². The van der Waals surface area contributed by atoms with Gasteiger partial charge in [-0.1, -0.05) is 20.8 Å². The first kappa shape index (κ1) is 16.5. The lowest BCUT2D eigenvalue weighted by atomic mass is 9.85. The van der Waals surface area contributed by atoms with E-state index in [-0.39, 0.29) is 24.0 Å². The molecule has 1 unspecified atom stereocenters. The molecule has 1 aromatic carbocycles. The highest BCUT2D eigenvalue weighted by Gasteiger charge is 2.26. The van der Waals surface area contributed by atoms with Crippen LogP contribution in [0.2, 0.25) is 0 Å². The zero-order chi connectivity index (χ0) is 14.6. The zero-order valence-electron chi connectivity index (χ0n) is 11.4. The van der Waals surface area contributed by atoms with Crippen LogP contribution >= 0.6 is 28.6 Å². The van der Waals surface area contributed by atoms with Crippen molar-refractivity contribution < 1.29 is 9.90 Å². The molecular formula is C14H20BrNO2S. The Morgan fingerprint density at radius 2 is 2.11 bits per heavy atom. The molecular weight excluding hydrogens is 326 g/mol. The van der Waals surface area contributed by atoms with E-state index >= 15 is 0 Å². The predicted molar refractivity (Wildman–Crippen MR) is 83.8 cm³/mol. The second kappa shape index (κ2) is 6.77. The minimum absolute atomic E-state index is 0.0516. The minimum Gasteiger partial charge on any atom is -0.396 e. The topological polar surface area (TPSA) is 49.3 Å². The van der Waals surface area contributed by atoms with E-state index < -0.39 is 0 Å². The van der Waals surface area contributed by atoms with Gasteiger partial charge in [0.05, 0.1) is 5.56 Å². The van der Waals surface area contributed by atoms with E-state index in [9.17, 15) is 4.79 Å². The van der Waals surface area contributed by atoms with Gasteiger partial charge in [0, 0.05) is 22.0 Å². The Morgan fingerprint density at radius 1 is 1.47 bits per heavy atom. The molecule has 106 valence electrons. The summed E-state index contributed by atoms with van der Waals surface area (Å²) in [5.74, 6) is -0.156. The maximum absolute atomic E-state index is 12.3. The number of carbonyl (C=O) groups is 1. The van der Waals surface area contributed by atoms with Crippen molar-refractivity contribution >= 4 is 34.5 Å². The Balaban J connectivity index is 2.91. The number of thiol groups is 1. The van der Waals surface area contributed by atoms with Gasteiger partial charge in [-0.2, -0.15) is 0 Å². The van der Waals surface area contributed by atoms with Gasteiger partial charge in [-0.15, -0.1) is 12.6 Å². The Hall–Kier alpha value is -0.520. The van der Waals surface area contributed by atoms with Gasteiger partial charge in [0.25, 0.3) is 5.91 Å². The molecule has 0 aliphatic heterocycles. The molecule has 19 heavy (non-hydrogen) atoms. The van der Waals surface area contributed by atoms with Crippen LogP contribution in [-0.2, 0) is 0 Å². The molecule has 2 N–H and O–H groups in total. The molecule has 1 amide bonds. The zero-order valence-corrected chi connectivity index (χ0v) is 13.9. The number of hydrogen-bond acceptors (Lipinski definition) is 3. The second-order valence-electron chi connectivity index (χ2n) is 5.57. The highest BCUT2D eigenvalue weighted by molar-refractivity contribution is 9.10. The summed E-state index contributed by atoms with van der Waals surface area (Å²) in [4.78, 5) is 13.0. The summed E-state index contributed by atoms with van der Waals surface area (Å²) >= 11 is 7.61. The average molecular weight is 346 g/mol. The van der Waals surface area contributed by atoms with E-state index in [2.05, 4.69) is 33.9 Å². The van der Waals surface area contributed by atoms with E-state index in [4.69, 9.17) is 5.11 Å². The van der Waals surface area contributed by atoms with Crippen molar-refractivity contribution in [2.24, 2.45) is 5.41 Å². The van der Waals surface area contributed by atoms with Crippen molar-refractivity contribution in [3.8, 4) is 0 Å². The molecule has 0 bridgehead atoms. The fourth-order valence-electron chi connectivity index (χ4n) is 1.77. The third kappa shape index (κ3) is 4.82. The summed E-state index contributed by atoms with van der Waals surface area (Å²) in [5.41, 5.74) is 0.448. The molecule has 0 aliphatic rings. The summed E-state index contributed by atoms with van der Waals surface area (Å²) in [6, 6.07) is 5.26. The number of benzene rings is 1. The molecule has 0 aromatic heterocycles. The van der Waals surface area contributed by atoms with Gasteiger partial charge < -0.3 is 10.4 Å². The first-order valence-electron chi connectivity index (χ1n) is 6.16. The number of halogens is 1. The van der Waals surface area contributed by atoms with Gasteiger partial charge in [0.15, 0.2) is 0 Å². The van der Waals surface area contributed by atoms with Crippen LogP contribution in [0.25, 0.3) is 0 Å². The maximum Gasteiger partial charge on any atom is 0.252 e. The molecule has 1 rings (SSSR count). The SMILES string of the molecule is CC(C)(C)C(CCO)NC(=O)c1cc(S)ccc1Br. The minimum atomic E-state index is -0.156. The highest BCUT2D eigenvalue weighted by atomic mass is 79.9. The van der Waals surface area contributed by atoms with Crippen molar-refractivity contribution in [1.82, 2.24) is 5.32 Å². The predicted octanol–water partition coefficient (Wildman–Crippen LogP) is 3.26. The van der Waals surface area contributed by atoms with Crippen LogP contribution < -0.4 is 5.32 Å². The van der Waals surface area contributed by atoms with Crippen LogP contribution in [0, 0.1) is 5.41 Å². The lowest BCUT2D eigenvalue weighted by Gasteiger charge is -2.31. The van der Waals surface area contributed by atoms with Crippen molar-refractivity contribution in [2.45, 2.75) is 38.1 Å². The molecule has 1 aromatic rings. The molecule has 3 nitrogen and oxygen atoms in total. The second-order valence-corrected chi connectivity index (χ2v) is 6.94. The number of aliphatic hydroxyl groups excluding tert-OH is 1. The normalized spacial score (nSPS) is 13.2. The lowest BCUT2D eigenvalue weighted by molar-refractivity contribution is 0.0884. The first-order chi connectivity index (χ1) is 8.75. The Bertz CT molecular complexity index is 457. The van der Waals surface area contributed by atoms with E-state index in [1.54, 1.807) is 12.1 Å². The number of aliphatic hydroxyl groups is 1. The quantitative estimate of drug-likeness (QED) is 0.733. The van der Waals surface area contributed by atoms with Crippen LogP contribution in [0.15, 0.2) is 27.6 Å². The molecule has 1 atom stereocenters. The Labute approximate surface area is 128 Å². The number of hydrogen-bond donors (Lipinski definition) is 3. The number of carbonyl (C=O) groups excluding carboxylic acids is 1. The standard InChI is InChI=1S/C14H20BrNO2S/c1-14(2,3)12(6-7-17)16-13(18)10-8-9(19)4-5-11(10)15/h4-5,8,12,17,19H,6-7H2,1-3H3,(H,16,18). The third-order valence-electron chi connectivity index (χ3n) is 2.96. The first-order valence-corrected chi connectivity index (χ1v) is 7.40. The molecule has 0 fully saturated rings. The van der Waals surface area contributed by atoms with Gasteiger partial charge in [-0.05, 0) is 46.0 Å². The summed E-state index contributed by atoms with van der Waals surface area (Å²) in [7, 11) is 0. The van der Waals surface area contributed by atoms with Crippen LogP contribution in [0.4, 0.5) is 0 Å². The van der Waals surface area contributed by atoms with Crippen molar-refractivity contribution in [3.63, 3.8) is 0 Å². The fraction of sp³-hybridized carbons (Fsp3) is 0.500. The maximum atomic E-state index is 12.3. The Kier molecular flexibility index (Phi) is 5.89. The van der Waals surface area contributed by atoms with Gasteiger partial charge in [-0.25, -0.2) is 0 Å². The Morgan fingerprint density at radius 3 is 2.63 bits per heavy atom. The number of amides is 1. The molecule has 0 radical (unpaired) electrons. The lowest BCUT2D eigenvalue weighted by Crippen LogP contribution is -2.44. The smallest absolute Gasteiger partial charge is 0.252 e. The number of nitrogens with one attached hydrogen (secondary N) is 1. The van der Waals surface area contributed by atoms with Crippen molar-refractivity contribution in [1.29, 1.82) is 0 Å². The van der Waals surface area contributed by atoms with E-state index in [0.717, 1.165) is 9.37 Å². The molecule has 5 heteroatoms. The van der Waals surface area contributed by atoms with Crippen molar-refractivity contribution in [3.05, 3.63) is 28.2 Å². The summed E-state index contributed by atoms with van der Waals surface area (Å²) in [5, 5.41) is 12.1. The van der Waals surface area contributed by atoms with E-state index in [1.165, 1.54) is 0 Å². The number of rotatable bonds is 4. The molecule has 0 saturated heterocycles. The largest absolute Gasteiger partial charge is 0.396 e. The van der Waals surface area contributed by atoms with Crippen LogP contribution in [0.5, 0.6) is 0 Å². The van der Waals surface area contributed by atoms with Gasteiger partial charge in [0.1, 0.15) is 0 Å². The van der Waals surface area contributed by atoms with Gasteiger partial charge >= 0.3 is 0 Å². The molecule has 0 heterocycles. The van der Waals surface area contributed by atoms with Crippen LogP contribution in [0.1, 0.15) is 37.6 Å². The fourth-order valence-corrected chi connectivity index (χ4v) is 2.40. The molecule has 0 spiro atoms. The molecule has 0 saturated carbocycles. The van der Waals surface area contributed by atoms with Gasteiger partial charge in [-0.3, -0.25) is 4.79 Å². The average Bonchev–Trinajstić information content (AvgIpc) is 2.30. The van der Waals surface area contributed by atoms with Crippen LogP contribution in [-0.4, -0.2) is 23.7 Å². The molecule has 0 aliphatic carbocycles. The van der Waals surface area contributed by atoms with E-state index in [0.29, 0.717) is 12.0 Å². The highest BCUT2D eigenvalue weighted by Crippen LogP contribution is 2.24. The monoisotopic (exact) mass is 345 g/mol. The summed E-state index contributed by atoms with van der Waals surface area (Å²) < 4.78 is 0.736. The third-order valence-corrected chi connectivity index (χ3v) is 3.93. The van der Waals surface area contributed by atoms with Crippen LogP contribution in [0.3, 0.4) is 0 Å². The summed E-state index contributed by atoms with van der Waals surface area (Å²) in [6.45, 7) is 6.17. The van der Waals surface area contributed by atoms with Crippen molar-refractivity contribution in [2.75, 3.05) is 6.61 Å². The summed E-state index contributed by atoms with van der Waals surface area (Å²) in [6.07, 6.45) is 0.535. The van der Waals surface area contributed by atoms with E-state index in [1.807, 2.05) is 26.8 Å².